The molecule has 1 saturated carbocycles. The van der Waals surface area contributed by atoms with Crippen LogP contribution < -0.4 is 10.4 Å². The molecule has 1 aliphatic rings. The standard InChI is InChI=1S/C37H50F2O4Si/c1-6-7-18-26-37(38,39)27-25-31-32(23-16-8-9-17-24-35(41)42-5)34(28-33(31)40)43-44(36(2,3)4,29-19-12-10-13-20-29)30-21-14-11-15-22-30/h8,10-16,19-22,25,27,31-32,34H,6-7,9,17-18,23-24,26,28H2,1-5H3/b16-8+,27-25+/t31-,32-,34+/m1/s1. The number of methoxy groups -OCH3 is 1. The van der Waals surface area contributed by atoms with Gasteiger partial charge in [0, 0.05) is 31.1 Å². The molecular weight excluding hydrogens is 574 g/mol. The summed E-state index contributed by atoms with van der Waals surface area (Å²) in [4.78, 5) is 25.1. The largest absolute Gasteiger partial charge is 0.469 e. The molecule has 0 amide bonds. The number of benzene rings is 2. The zero-order valence-corrected chi connectivity index (χ0v) is 28.1. The van der Waals surface area contributed by atoms with Crippen molar-refractivity contribution in [1.82, 2.24) is 0 Å². The lowest BCUT2D eigenvalue weighted by Crippen LogP contribution is -2.68. The van der Waals surface area contributed by atoms with Crippen molar-refractivity contribution in [2.24, 2.45) is 11.8 Å². The van der Waals surface area contributed by atoms with Crippen LogP contribution in [-0.2, 0) is 18.8 Å². The molecule has 0 N–H and O–H groups in total. The molecule has 2 aromatic carbocycles. The lowest BCUT2D eigenvalue weighted by Gasteiger charge is -2.45. The average Bonchev–Trinajstić information content (AvgIpc) is 3.29. The van der Waals surface area contributed by atoms with Gasteiger partial charge in [0.15, 0.2) is 0 Å². The van der Waals surface area contributed by atoms with Gasteiger partial charge < -0.3 is 9.16 Å². The Labute approximate surface area is 264 Å². The third-order valence-electron chi connectivity index (χ3n) is 8.67. The van der Waals surface area contributed by atoms with Crippen LogP contribution in [0.4, 0.5) is 8.78 Å². The number of ketones is 1. The van der Waals surface area contributed by atoms with Gasteiger partial charge in [0.25, 0.3) is 14.2 Å². The van der Waals surface area contributed by atoms with E-state index >= 15 is 0 Å². The van der Waals surface area contributed by atoms with Gasteiger partial charge in [0.1, 0.15) is 5.78 Å². The third kappa shape index (κ3) is 9.30. The van der Waals surface area contributed by atoms with Gasteiger partial charge >= 0.3 is 5.97 Å². The summed E-state index contributed by atoms with van der Waals surface area (Å²) in [5.41, 5.74) is 0. The molecule has 1 fully saturated rings. The van der Waals surface area contributed by atoms with Crippen LogP contribution in [0.3, 0.4) is 0 Å². The summed E-state index contributed by atoms with van der Waals surface area (Å²) in [6.45, 7) is 8.58. The predicted molar refractivity (Wildman–Crippen MR) is 177 cm³/mol. The number of halogens is 2. The second-order valence-corrected chi connectivity index (χ2v) is 17.2. The molecule has 0 spiro atoms. The number of esters is 1. The normalized spacial score (nSPS) is 19.7. The summed E-state index contributed by atoms with van der Waals surface area (Å²) in [7, 11) is -1.60. The first kappa shape index (κ1) is 35.6. The lowest BCUT2D eigenvalue weighted by atomic mass is 9.90. The van der Waals surface area contributed by atoms with E-state index in [0.29, 0.717) is 32.1 Å². The molecule has 0 aliphatic heterocycles. The van der Waals surface area contributed by atoms with E-state index in [-0.39, 0.29) is 35.6 Å². The van der Waals surface area contributed by atoms with E-state index < -0.39 is 26.3 Å². The van der Waals surface area contributed by atoms with E-state index in [2.05, 4.69) is 45.0 Å². The Bertz CT molecular complexity index is 1200. The van der Waals surface area contributed by atoms with Crippen molar-refractivity contribution in [3.8, 4) is 0 Å². The van der Waals surface area contributed by atoms with Gasteiger partial charge in [0.05, 0.1) is 13.2 Å². The Kier molecular flexibility index (Phi) is 13.3. The smallest absolute Gasteiger partial charge is 0.305 e. The van der Waals surface area contributed by atoms with E-state index in [9.17, 15) is 18.4 Å². The van der Waals surface area contributed by atoms with E-state index in [1.807, 2.05) is 55.5 Å². The second kappa shape index (κ2) is 16.4. The van der Waals surface area contributed by atoms with E-state index in [1.165, 1.54) is 13.2 Å². The van der Waals surface area contributed by atoms with Crippen molar-refractivity contribution in [3.63, 3.8) is 0 Å². The SMILES string of the molecule is CCCCCC(F)(F)/C=C/[C@H]1C(=O)C[C@H](O[Si](c2ccccc2)(c2ccccc2)C(C)(C)C)[C@@H]1C/C=C/CCCC(=O)OC. The minimum Gasteiger partial charge on any atom is -0.469 e. The maximum absolute atomic E-state index is 14.8. The monoisotopic (exact) mass is 624 g/mol. The molecule has 44 heavy (non-hydrogen) atoms. The van der Waals surface area contributed by atoms with Crippen LogP contribution >= 0.6 is 0 Å². The Morgan fingerprint density at radius 2 is 1.57 bits per heavy atom. The van der Waals surface area contributed by atoms with Crippen LogP contribution in [0.5, 0.6) is 0 Å². The maximum atomic E-state index is 14.8. The van der Waals surface area contributed by atoms with Crippen molar-refractivity contribution in [2.45, 2.75) is 103 Å². The zero-order chi connectivity index (χ0) is 32.2. The molecular formula is C37H50F2O4Si. The number of hydrogen-bond donors (Lipinski definition) is 0. The number of allylic oxidation sites excluding steroid dienone is 4. The van der Waals surface area contributed by atoms with Crippen LogP contribution in [0.15, 0.2) is 85.0 Å². The van der Waals surface area contributed by atoms with Gasteiger partial charge in [-0.05, 0) is 47.2 Å². The first-order chi connectivity index (χ1) is 20.9. The van der Waals surface area contributed by atoms with Crippen molar-refractivity contribution in [3.05, 3.63) is 85.0 Å². The summed E-state index contributed by atoms with van der Waals surface area (Å²) in [6.07, 6.45) is 10.2. The Morgan fingerprint density at radius 3 is 2.11 bits per heavy atom. The molecule has 0 heterocycles. The fraction of sp³-hybridized carbons (Fsp3) is 0.514. The molecule has 0 saturated heterocycles. The van der Waals surface area contributed by atoms with Crippen LogP contribution in [0.2, 0.25) is 5.04 Å². The zero-order valence-electron chi connectivity index (χ0n) is 27.1. The summed E-state index contributed by atoms with van der Waals surface area (Å²) in [5, 5.41) is 1.95. The lowest BCUT2D eigenvalue weighted by molar-refractivity contribution is -0.140. The highest BCUT2D eigenvalue weighted by Crippen LogP contribution is 2.43. The fourth-order valence-corrected chi connectivity index (χ4v) is 11.1. The summed E-state index contributed by atoms with van der Waals surface area (Å²) in [5.74, 6) is -4.21. The van der Waals surface area contributed by atoms with Gasteiger partial charge in [-0.2, -0.15) is 0 Å². The van der Waals surface area contributed by atoms with Gasteiger partial charge in [-0.25, -0.2) is 8.78 Å². The Morgan fingerprint density at radius 1 is 0.955 bits per heavy atom. The molecule has 3 atom stereocenters. The van der Waals surface area contributed by atoms with E-state index in [1.54, 1.807) is 0 Å². The highest BCUT2D eigenvalue weighted by Gasteiger charge is 2.54. The second-order valence-electron chi connectivity index (χ2n) is 12.9. The summed E-state index contributed by atoms with van der Waals surface area (Å²) >= 11 is 0. The number of rotatable bonds is 16. The fourth-order valence-electron chi connectivity index (χ4n) is 6.33. The molecule has 1 aliphatic carbocycles. The van der Waals surface area contributed by atoms with Crippen molar-refractivity contribution < 1.29 is 27.5 Å². The molecule has 0 radical (unpaired) electrons. The highest BCUT2D eigenvalue weighted by atomic mass is 28.4. The van der Waals surface area contributed by atoms with Crippen molar-refractivity contribution in [2.75, 3.05) is 7.11 Å². The number of carbonyl (C=O) groups is 2. The minimum absolute atomic E-state index is 0.0577. The first-order valence-electron chi connectivity index (χ1n) is 16.1. The summed E-state index contributed by atoms with van der Waals surface area (Å²) < 4.78 is 41.8. The Hall–Kier alpha value is -2.90. The van der Waals surface area contributed by atoms with Crippen molar-refractivity contribution in [1.29, 1.82) is 0 Å². The van der Waals surface area contributed by atoms with Gasteiger partial charge in [-0.3, -0.25) is 9.59 Å². The maximum Gasteiger partial charge on any atom is 0.305 e. The molecule has 2 aromatic rings. The highest BCUT2D eigenvalue weighted by molar-refractivity contribution is 6.99. The molecule has 240 valence electrons. The number of Topliss-reactive ketones (excluding diaryl/α,β-unsaturated/α-hetero) is 1. The van der Waals surface area contributed by atoms with Crippen LogP contribution in [0.1, 0.15) is 85.5 Å². The molecule has 7 heteroatoms. The first-order valence-corrected chi connectivity index (χ1v) is 18.0. The van der Waals surface area contributed by atoms with Gasteiger partial charge in [0.2, 0.25) is 0 Å². The molecule has 0 unspecified atom stereocenters. The number of unbranched alkanes of at least 4 members (excludes halogenated alkanes) is 3. The number of hydrogen-bond acceptors (Lipinski definition) is 4. The quantitative estimate of drug-likeness (QED) is 0.0818. The third-order valence-corrected chi connectivity index (χ3v) is 13.7. The van der Waals surface area contributed by atoms with Crippen LogP contribution in [0.25, 0.3) is 0 Å². The summed E-state index contributed by atoms with van der Waals surface area (Å²) in [6, 6.07) is 20.5. The van der Waals surface area contributed by atoms with Gasteiger partial charge in [-0.15, -0.1) is 0 Å². The minimum atomic E-state index is -2.97. The van der Waals surface area contributed by atoms with Crippen molar-refractivity contribution >= 4 is 30.4 Å². The molecule has 0 aromatic heterocycles. The average molecular weight is 625 g/mol. The topological polar surface area (TPSA) is 52.6 Å². The van der Waals surface area contributed by atoms with E-state index in [4.69, 9.17) is 9.16 Å². The number of alkyl halides is 2. The van der Waals surface area contributed by atoms with Gasteiger partial charge in [-0.1, -0.05) is 119 Å². The predicted octanol–water partition coefficient (Wildman–Crippen LogP) is 8.20. The number of ether oxygens (including phenoxy) is 1. The molecule has 3 rings (SSSR count). The molecule has 0 bridgehead atoms. The van der Waals surface area contributed by atoms with E-state index in [0.717, 1.165) is 29.3 Å². The molecule has 4 nitrogen and oxygen atoms in total. The number of carbonyl (C=O) groups excluding carboxylic acids is 2. The Balaban J connectivity index is 1.99. The van der Waals surface area contributed by atoms with Crippen LogP contribution in [0, 0.1) is 11.8 Å². The van der Waals surface area contributed by atoms with Crippen LogP contribution in [-0.4, -0.2) is 39.2 Å².